The number of nitrogens with zero attached hydrogens (tertiary/aromatic N) is 2. The molecule has 3 rings (SSSR count). The zero-order valence-corrected chi connectivity index (χ0v) is 11.8. The smallest absolute Gasteiger partial charge is 0.203 e. The lowest BCUT2D eigenvalue weighted by molar-refractivity contribution is 0.742. The maximum atomic E-state index is 4.59. The van der Waals surface area contributed by atoms with Gasteiger partial charge in [0.2, 0.25) is 5.95 Å². The van der Waals surface area contributed by atoms with Gasteiger partial charge >= 0.3 is 0 Å². The van der Waals surface area contributed by atoms with Gasteiger partial charge in [-0.1, -0.05) is 0 Å². The highest BCUT2D eigenvalue weighted by Gasteiger charge is 2.26. The van der Waals surface area contributed by atoms with Gasteiger partial charge in [0.05, 0.1) is 5.69 Å². The fourth-order valence-corrected chi connectivity index (χ4v) is 4.75. The van der Waals surface area contributed by atoms with Gasteiger partial charge in [0.15, 0.2) is 0 Å². The Hall–Kier alpha value is -0.290. The quantitative estimate of drug-likeness (QED) is 0.910. The molecule has 17 heavy (non-hydrogen) atoms. The summed E-state index contributed by atoms with van der Waals surface area (Å²) in [5, 5.41) is 4.29. The topological polar surface area (TPSA) is 29.9 Å². The largest absolute Gasteiger partial charge is 0.354 e. The summed E-state index contributed by atoms with van der Waals surface area (Å²) in [5.41, 5.74) is 1.13. The van der Waals surface area contributed by atoms with E-state index in [4.69, 9.17) is 0 Å². The zero-order chi connectivity index (χ0) is 11.7. The summed E-state index contributed by atoms with van der Waals surface area (Å²) in [4.78, 5) is 4.59. The highest BCUT2D eigenvalue weighted by Crippen LogP contribution is 2.37. The van der Waals surface area contributed by atoms with Crippen LogP contribution in [0, 0.1) is 6.92 Å². The minimum atomic E-state index is 0.715. The molecule has 1 atom stereocenters. The molecule has 0 amide bonds. The van der Waals surface area contributed by atoms with Crippen molar-refractivity contribution in [1.29, 1.82) is 0 Å². The third-order valence-corrected chi connectivity index (χ3v) is 6.01. The van der Waals surface area contributed by atoms with Crippen molar-refractivity contribution in [3.05, 3.63) is 11.9 Å². The molecule has 5 heteroatoms. The van der Waals surface area contributed by atoms with Crippen LogP contribution in [0.1, 0.15) is 24.6 Å². The van der Waals surface area contributed by atoms with E-state index >= 15 is 0 Å². The van der Waals surface area contributed by atoms with E-state index in [1.807, 2.05) is 0 Å². The number of imidazole rings is 1. The first-order valence-corrected chi connectivity index (χ1v) is 8.52. The molecule has 0 aromatic carbocycles. The van der Waals surface area contributed by atoms with E-state index in [2.05, 4.69) is 51.5 Å². The molecule has 1 saturated heterocycles. The van der Waals surface area contributed by atoms with Crippen molar-refractivity contribution in [3.63, 3.8) is 0 Å². The van der Waals surface area contributed by atoms with Crippen LogP contribution in [0.3, 0.4) is 0 Å². The molecule has 1 unspecified atom stereocenters. The fraction of sp³-hybridized carbons (Fsp3) is 0.750. The van der Waals surface area contributed by atoms with Gasteiger partial charge in [0, 0.05) is 41.3 Å². The predicted molar refractivity (Wildman–Crippen MR) is 77.3 cm³/mol. The Morgan fingerprint density at radius 2 is 2.35 bits per heavy atom. The van der Waals surface area contributed by atoms with E-state index in [0.29, 0.717) is 6.04 Å². The number of anilines is 1. The first kappa shape index (κ1) is 11.8. The standard InChI is InChI=1S/C12H19N3S2/c1-9-7-15(10-2-3-10)12(14-9)13-6-11-8-16-4-5-17-11/h7,10-11H,2-6,8H2,1H3,(H,13,14). The number of rotatable bonds is 4. The molecule has 1 aliphatic heterocycles. The van der Waals surface area contributed by atoms with E-state index < -0.39 is 0 Å². The summed E-state index contributed by atoms with van der Waals surface area (Å²) in [5.74, 6) is 4.98. The molecule has 1 aromatic rings. The van der Waals surface area contributed by atoms with Crippen molar-refractivity contribution in [1.82, 2.24) is 9.55 Å². The molecule has 94 valence electrons. The normalized spacial score (nSPS) is 24.9. The van der Waals surface area contributed by atoms with Crippen molar-refractivity contribution in [2.24, 2.45) is 0 Å². The Labute approximate surface area is 111 Å². The molecule has 0 bridgehead atoms. The average Bonchev–Trinajstić information content (AvgIpc) is 3.12. The number of thioether (sulfide) groups is 2. The third-order valence-electron chi connectivity index (χ3n) is 3.17. The van der Waals surface area contributed by atoms with Crippen molar-refractivity contribution >= 4 is 29.5 Å². The number of hydrogen-bond donors (Lipinski definition) is 1. The molecule has 2 heterocycles. The van der Waals surface area contributed by atoms with Gasteiger partial charge in [-0.05, 0) is 19.8 Å². The average molecular weight is 269 g/mol. The van der Waals surface area contributed by atoms with Crippen LogP contribution < -0.4 is 5.32 Å². The van der Waals surface area contributed by atoms with E-state index in [9.17, 15) is 0 Å². The van der Waals surface area contributed by atoms with Crippen LogP contribution in [0.2, 0.25) is 0 Å². The van der Waals surface area contributed by atoms with E-state index in [0.717, 1.165) is 23.4 Å². The molecule has 2 aliphatic rings. The van der Waals surface area contributed by atoms with Gasteiger partial charge in [-0.3, -0.25) is 0 Å². The number of hydrogen-bond acceptors (Lipinski definition) is 4. The summed E-state index contributed by atoms with van der Waals surface area (Å²) in [6.07, 6.45) is 4.82. The molecule has 0 spiro atoms. The summed E-state index contributed by atoms with van der Waals surface area (Å²) in [7, 11) is 0. The molecule has 3 nitrogen and oxygen atoms in total. The van der Waals surface area contributed by atoms with Gasteiger partial charge < -0.3 is 9.88 Å². The monoisotopic (exact) mass is 269 g/mol. The van der Waals surface area contributed by atoms with Gasteiger partial charge in [-0.2, -0.15) is 23.5 Å². The van der Waals surface area contributed by atoms with Crippen LogP contribution >= 0.6 is 23.5 Å². The molecular formula is C12H19N3S2. The zero-order valence-electron chi connectivity index (χ0n) is 10.2. The lowest BCUT2D eigenvalue weighted by Gasteiger charge is -2.21. The minimum Gasteiger partial charge on any atom is -0.354 e. The second-order valence-electron chi connectivity index (χ2n) is 4.79. The SMILES string of the molecule is Cc1cn(C2CC2)c(NCC2CSCCS2)n1. The summed E-state index contributed by atoms with van der Waals surface area (Å²) < 4.78 is 2.33. The number of aromatic nitrogens is 2. The first-order chi connectivity index (χ1) is 8.33. The summed E-state index contributed by atoms with van der Waals surface area (Å²) in [6.45, 7) is 3.14. The van der Waals surface area contributed by atoms with Crippen LogP contribution in [0.5, 0.6) is 0 Å². The van der Waals surface area contributed by atoms with Gasteiger partial charge in [-0.15, -0.1) is 0 Å². The Morgan fingerprint density at radius 1 is 1.47 bits per heavy atom. The van der Waals surface area contributed by atoms with Crippen LogP contribution in [-0.4, -0.2) is 38.6 Å². The Kier molecular flexibility index (Phi) is 3.56. The van der Waals surface area contributed by atoms with Crippen LogP contribution in [0.4, 0.5) is 5.95 Å². The summed E-state index contributed by atoms with van der Waals surface area (Å²) >= 11 is 4.18. The minimum absolute atomic E-state index is 0.715. The molecular weight excluding hydrogens is 250 g/mol. The molecule has 2 fully saturated rings. The fourth-order valence-electron chi connectivity index (χ4n) is 2.14. The molecule has 1 aliphatic carbocycles. The van der Waals surface area contributed by atoms with Gasteiger partial charge in [0.25, 0.3) is 0 Å². The van der Waals surface area contributed by atoms with Crippen molar-refractivity contribution < 1.29 is 0 Å². The molecule has 1 saturated carbocycles. The lowest BCUT2D eigenvalue weighted by atomic mass is 10.4. The maximum absolute atomic E-state index is 4.59. The maximum Gasteiger partial charge on any atom is 0.203 e. The van der Waals surface area contributed by atoms with Crippen molar-refractivity contribution in [2.75, 3.05) is 29.1 Å². The van der Waals surface area contributed by atoms with Crippen LogP contribution in [0.25, 0.3) is 0 Å². The van der Waals surface area contributed by atoms with E-state index in [1.165, 1.54) is 30.1 Å². The Morgan fingerprint density at radius 3 is 3.06 bits per heavy atom. The number of nitrogens with one attached hydrogen (secondary N) is 1. The first-order valence-electron chi connectivity index (χ1n) is 6.31. The Balaban J connectivity index is 1.59. The van der Waals surface area contributed by atoms with Gasteiger partial charge in [0.1, 0.15) is 0 Å². The number of aryl methyl sites for hydroxylation is 1. The molecule has 1 N–H and O–H groups in total. The highest BCUT2D eigenvalue weighted by molar-refractivity contribution is 8.06. The van der Waals surface area contributed by atoms with E-state index in [-0.39, 0.29) is 0 Å². The second-order valence-corrected chi connectivity index (χ2v) is 7.35. The highest BCUT2D eigenvalue weighted by atomic mass is 32.2. The Bertz CT molecular complexity index is 381. The third kappa shape index (κ3) is 2.94. The second kappa shape index (κ2) is 5.14. The molecule has 0 radical (unpaired) electrons. The molecule has 1 aromatic heterocycles. The predicted octanol–water partition coefficient (Wildman–Crippen LogP) is 2.79. The van der Waals surface area contributed by atoms with Crippen molar-refractivity contribution in [2.45, 2.75) is 31.1 Å². The summed E-state index contributed by atoms with van der Waals surface area (Å²) in [6, 6.07) is 0.715. The van der Waals surface area contributed by atoms with Gasteiger partial charge in [-0.25, -0.2) is 4.98 Å². The van der Waals surface area contributed by atoms with E-state index in [1.54, 1.807) is 0 Å². The lowest BCUT2D eigenvalue weighted by Crippen LogP contribution is -2.24. The van der Waals surface area contributed by atoms with Crippen molar-refractivity contribution in [3.8, 4) is 0 Å². The van der Waals surface area contributed by atoms with Crippen LogP contribution in [0.15, 0.2) is 6.20 Å². The van der Waals surface area contributed by atoms with Crippen LogP contribution in [-0.2, 0) is 0 Å².